The second kappa shape index (κ2) is 2.82. The standard InChI is InChI=1S/C9H13NOS/c1-2-9(11,7-3-4-7)8-5-6-12-10-8/h5-7,11H,2-4H2,1H3. The first-order valence-electron chi connectivity index (χ1n) is 4.40. The van der Waals surface area contributed by atoms with Gasteiger partial charge in [-0.1, -0.05) is 6.92 Å². The molecule has 0 aliphatic heterocycles. The Morgan fingerprint density at radius 1 is 1.75 bits per heavy atom. The van der Waals surface area contributed by atoms with E-state index < -0.39 is 5.60 Å². The molecular formula is C9H13NOS. The summed E-state index contributed by atoms with van der Waals surface area (Å²) in [7, 11) is 0. The number of hydrogen-bond acceptors (Lipinski definition) is 3. The van der Waals surface area contributed by atoms with Gasteiger partial charge >= 0.3 is 0 Å². The highest BCUT2D eigenvalue weighted by atomic mass is 32.1. The van der Waals surface area contributed by atoms with Gasteiger partial charge in [-0.05, 0) is 42.8 Å². The van der Waals surface area contributed by atoms with E-state index in [1.165, 1.54) is 11.5 Å². The maximum absolute atomic E-state index is 10.3. The van der Waals surface area contributed by atoms with Crippen molar-refractivity contribution in [1.29, 1.82) is 0 Å². The van der Waals surface area contributed by atoms with Crippen molar-refractivity contribution in [2.24, 2.45) is 5.92 Å². The average molecular weight is 183 g/mol. The van der Waals surface area contributed by atoms with Crippen molar-refractivity contribution in [2.75, 3.05) is 0 Å². The van der Waals surface area contributed by atoms with Crippen LogP contribution >= 0.6 is 11.5 Å². The number of aromatic nitrogens is 1. The molecule has 2 rings (SSSR count). The predicted molar refractivity (Wildman–Crippen MR) is 49.0 cm³/mol. The van der Waals surface area contributed by atoms with Gasteiger partial charge in [0, 0.05) is 5.38 Å². The van der Waals surface area contributed by atoms with Crippen molar-refractivity contribution in [3.8, 4) is 0 Å². The molecule has 1 aromatic rings. The third-order valence-electron chi connectivity index (χ3n) is 2.67. The second-order valence-corrected chi connectivity index (χ2v) is 4.10. The predicted octanol–water partition coefficient (Wildman–Crippen LogP) is 2.15. The zero-order valence-electron chi connectivity index (χ0n) is 7.16. The SMILES string of the molecule is CCC(O)(c1ccsn1)C1CC1. The van der Waals surface area contributed by atoms with Gasteiger partial charge in [-0.25, -0.2) is 0 Å². The lowest BCUT2D eigenvalue weighted by molar-refractivity contribution is 0.00557. The molecular weight excluding hydrogens is 170 g/mol. The molecule has 0 amide bonds. The van der Waals surface area contributed by atoms with Crippen LogP contribution in [0.15, 0.2) is 11.4 Å². The molecule has 3 heteroatoms. The number of aliphatic hydroxyl groups is 1. The van der Waals surface area contributed by atoms with Gasteiger partial charge in [-0.15, -0.1) is 0 Å². The molecule has 0 radical (unpaired) electrons. The summed E-state index contributed by atoms with van der Waals surface area (Å²) in [5.74, 6) is 0.463. The lowest BCUT2D eigenvalue weighted by Crippen LogP contribution is -2.27. The summed E-state index contributed by atoms with van der Waals surface area (Å²) >= 11 is 1.42. The first kappa shape index (κ1) is 8.20. The van der Waals surface area contributed by atoms with Crippen LogP contribution in [0.25, 0.3) is 0 Å². The summed E-state index contributed by atoms with van der Waals surface area (Å²) in [6.07, 6.45) is 3.09. The highest BCUT2D eigenvalue weighted by molar-refractivity contribution is 7.03. The third-order valence-corrected chi connectivity index (χ3v) is 3.23. The second-order valence-electron chi connectivity index (χ2n) is 3.44. The zero-order chi connectivity index (χ0) is 8.60. The Labute approximate surface area is 76.4 Å². The van der Waals surface area contributed by atoms with Crippen LogP contribution in [0, 0.1) is 5.92 Å². The normalized spacial score (nSPS) is 22.2. The van der Waals surface area contributed by atoms with E-state index in [2.05, 4.69) is 4.37 Å². The molecule has 1 aliphatic carbocycles. The van der Waals surface area contributed by atoms with Crippen molar-refractivity contribution in [3.05, 3.63) is 17.1 Å². The van der Waals surface area contributed by atoms with E-state index >= 15 is 0 Å². The lowest BCUT2D eigenvalue weighted by atomic mass is 9.91. The molecule has 12 heavy (non-hydrogen) atoms. The molecule has 1 heterocycles. The van der Waals surface area contributed by atoms with Gasteiger partial charge in [-0.3, -0.25) is 0 Å². The van der Waals surface area contributed by atoms with E-state index in [0.717, 1.165) is 25.0 Å². The van der Waals surface area contributed by atoms with Gasteiger partial charge in [0.05, 0.1) is 5.69 Å². The van der Waals surface area contributed by atoms with E-state index in [0.29, 0.717) is 5.92 Å². The van der Waals surface area contributed by atoms with Gasteiger partial charge in [0.25, 0.3) is 0 Å². The van der Waals surface area contributed by atoms with Crippen molar-refractivity contribution < 1.29 is 5.11 Å². The molecule has 1 atom stereocenters. The molecule has 1 fully saturated rings. The Morgan fingerprint density at radius 3 is 2.92 bits per heavy atom. The van der Waals surface area contributed by atoms with Crippen LogP contribution in [0.4, 0.5) is 0 Å². The van der Waals surface area contributed by atoms with Crippen molar-refractivity contribution >= 4 is 11.5 Å². The summed E-state index contributed by atoms with van der Waals surface area (Å²) in [4.78, 5) is 0. The Kier molecular flexibility index (Phi) is 1.93. The average Bonchev–Trinajstić information content (AvgIpc) is 2.80. The summed E-state index contributed by atoms with van der Waals surface area (Å²) < 4.78 is 4.21. The van der Waals surface area contributed by atoms with Crippen molar-refractivity contribution in [2.45, 2.75) is 31.8 Å². The van der Waals surface area contributed by atoms with Crippen LogP contribution in [-0.4, -0.2) is 9.48 Å². The molecule has 2 nitrogen and oxygen atoms in total. The fourth-order valence-corrected chi connectivity index (χ4v) is 2.26. The van der Waals surface area contributed by atoms with E-state index in [9.17, 15) is 5.11 Å². The first-order chi connectivity index (χ1) is 5.77. The monoisotopic (exact) mass is 183 g/mol. The molecule has 0 bridgehead atoms. The summed E-state index contributed by atoms with van der Waals surface area (Å²) in [5, 5.41) is 12.2. The molecule has 1 N–H and O–H groups in total. The third kappa shape index (κ3) is 1.17. The van der Waals surface area contributed by atoms with Gasteiger partial charge in [0.2, 0.25) is 0 Å². The molecule has 0 saturated heterocycles. The highest BCUT2D eigenvalue weighted by Gasteiger charge is 2.44. The molecule has 1 saturated carbocycles. The van der Waals surface area contributed by atoms with E-state index in [-0.39, 0.29) is 0 Å². The molecule has 0 spiro atoms. The number of hydrogen-bond donors (Lipinski definition) is 1. The quantitative estimate of drug-likeness (QED) is 0.779. The lowest BCUT2D eigenvalue weighted by Gasteiger charge is -2.24. The minimum atomic E-state index is -0.625. The van der Waals surface area contributed by atoms with Crippen LogP contribution in [0.2, 0.25) is 0 Å². The summed E-state index contributed by atoms with van der Waals surface area (Å²) in [6.45, 7) is 2.03. The zero-order valence-corrected chi connectivity index (χ0v) is 7.97. The summed E-state index contributed by atoms with van der Waals surface area (Å²) in [5.41, 5.74) is 0.248. The van der Waals surface area contributed by atoms with Gasteiger partial charge in [0.15, 0.2) is 0 Å². The van der Waals surface area contributed by atoms with E-state index in [1.807, 2.05) is 18.4 Å². The fourth-order valence-electron chi connectivity index (χ4n) is 1.68. The Balaban J connectivity index is 2.27. The Hall–Kier alpha value is -0.410. The smallest absolute Gasteiger partial charge is 0.110 e. The van der Waals surface area contributed by atoms with Gasteiger partial charge in [0.1, 0.15) is 5.60 Å². The van der Waals surface area contributed by atoms with Crippen LogP contribution < -0.4 is 0 Å². The van der Waals surface area contributed by atoms with Gasteiger partial charge < -0.3 is 5.11 Å². The largest absolute Gasteiger partial charge is 0.383 e. The first-order valence-corrected chi connectivity index (χ1v) is 5.24. The Bertz CT molecular complexity index is 256. The maximum Gasteiger partial charge on any atom is 0.110 e. The molecule has 1 aromatic heterocycles. The molecule has 66 valence electrons. The van der Waals surface area contributed by atoms with Crippen LogP contribution in [0.3, 0.4) is 0 Å². The Morgan fingerprint density at radius 2 is 2.50 bits per heavy atom. The maximum atomic E-state index is 10.3. The van der Waals surface area contributed by atoms with Crippen molar-refractivity contribution in [1.82, 2.24) is 4.37 Å². The van der Waals surface area contributed by atoms with Crippen molar-refractivity contribution in [3.63, 3.8) is 0 Å². The van der Waals surface area contributed by atoms with Crippen LogP contribution in [0.1, 0.15) is 31.9 Å². The minimum absolute atomic E-state index is 0.463. The number of rotatable bonds is 3. The topological polar surface area (TPSA) is 33.1 Å². The molecule has 0 aromatic carbocycles. The van der Waals surface area contributed by atoms with E-state index in [1.54, 1.807) is 0 Å². The summed E-state index contributed by atoms with van der Waals surface area (Å²) in [6, 6.07) is 1.94. The minimum Gasteiger partial charge on any atom is -0.383 e. The fraction of sp³-hybridized carbons (Fsp3) is 0.667. The van der Waals surface area contributed by atoms with E-state index in [4.69, 9.17) is 0 Å². The molecule has 1 aliphatic rings. The van der Waals surface area contributed by atoms with Crippen LogP contribution in [0.5, 0.6) is 0 Å². The van der Waals surface area contributed by atoms with Gasteiger partial charge in [-0.2, -0.15) is 4.37 Å². The number of nitrogens with zero attached hydrogens (tertiary/aromatic N) is 1. The highest BCUT2D eigenvalue weighted by Crippen LogP contribution is 2.47. The molecule has 1 unspecified atom stereocenters. The van der Waals surface area contributed by atoms with Crippen LogP contribution in [-0.2, 0) is 5.60 Å².